The Morgan fingerprint density at radius 3 is 2.58 bits per heavy atom. The van der Waals surface area contributed by atoms with Crippen LogP contribution in [0.25, 0.3) is 11.1 Å². The number of aromatic nitrogens is 1. The fourth-order valence-electron chi connectivity index (χ4n) is 4.99. The number of nitrogens with zero attached hydrogens (tertiary/aromatic N) is 4. The van der Waals surface area contributed by atoms with Gasteiger partial charge in [0, 0.05) is 68.8 Å². The number of nitrogens with two attached hydrogens (primary N) is 1. The molecule has 202 valence electrons. The van der Waals surface area contributed by atoms with E-state index < -0.39 is 17.6 Å². The number of amides is 1. The van der Waals surface area contributed by atoms with Gasteiger partial charge in [0.25, 0.3) is 5.91 Å². The Hall–Kier alpha value is -3.30. The lowest BCUT2D eigenvalue weighted by Gasteiger charge is -2.43. The Morgan fingerprint density at radius 1 is 1.16 bits per heavy atom. The normalized spacial score (nSPS) is 16.1. The number of halogens is 4. The first-order valence-electron chi connectivity index (χ1n) is 12.4. The van der Waals surface area contributed by atoms with Gasteiger partial charge in [0.1, 0.15) is 5.82 Å². The molecule has 1 fully saturated rings. The lowest BCUT2D eigenvalue weighted by molar-refractivity contribution is -0.138. The van der Waals surface area contributed by atoms with Crippen molar-refractivity contribution in [1.82, 2.24) is 9.88 Å². The van der Waals surface area contributed by atoms with E-state index in [1.807, 2.05) is 50.2 Å². The zero-order valence-corrected chi connectivity index (χ0v) is 22.4. The van der Waals surface area contributed by atoms with Crippen molar-refractivity contribution in [3.05, 3.63) is 76.4 Å². The lowest BCUT2D eigenvalue weighted by atomic mass is 9.99. The number of carbonyl (C=O) groups is 1. The predicted molar refractivity (Wildman–Crippen MR) is 146 cm³/mol. The molecule has 4 rings (SSSR count). The molecule has 1 atom stereocenters. The molecule has 3 aromatic rings. The van der Waals surface area contributed by atoms with E-state index in [4.69, 9.17) is 17.3 Å². The first-order chi connectivity index (χ1) is 18.0. The van der Waals surface area contributed by atoms with Crippen LogP contribution in [0.5, 0.6) is 0 Å². The van der Waals surface area contributed by atoms with E-state index in [1.165, 1.54) is 11.0 Å². The number of hydrogen-bond acceptors (Lipinski definition) is 5. The second-order valence-electron chi connectivity index (χ2n) is 9.51. The van der Waals surface area contributed by atoms with E-state index in [1.54, 1.807) is 6.20 Å². The van der Waals surface area contributed by atoms with Gasteiger partial charge < -0.3 is 20.4 Å². The molecule has 0 bridgehead atoms. The molecule has 1 aliphatic rings. The van der Waals surface area contributed by atoms with Crippen LogP contribution in [-0.4, -0.2) is 55.6 Å². The van der Waals surface area contributed by atoms with Crippen molar-refractivity contribution in [2.75, 3.05) is 43.5 Å². The molecular weight excluding hydrogens is 515 g/mol. The minimum absolute atomic E-state index is 0.0631. The first kappa shape index (κ1) is 27.7. The number of pyridine rings is 1. The molecule has 0 spiro atoms. The maximum Gasteiger partial charge on any atom is 0.417 e. The summed E-state index contributed by atoms with van der Waals surface area (Å²) in [6.07, 6.45) is -2.22. The van der Waals surface area contributed by atoms with Gasteiger partial charge in [-0.1, -0.05) is 24.6 Å². The van der Waals surface area contributed by atoms with Crippen LogP contribution in [0.3, 0.4) is 0 Å². The van der Waals surface area contributed by atoms with Gasteiger partial charge >= 0.3 is 6.18 Å². The van der Waals surface area contributed by atoms with Gasteiger partial charge in [-0.3, -0.25) is 4.79 Å². The fourth-order valence-corrected chi connectivity index (χ4v) is 5.16. The van der Waals surface area contributed by atoms with Gasteiger partial charge in [-0.25, -0.2) is 4.98 Å². The third-order valence-electron chi connectivity index (χ3n) is 6.89. The monoisotopic (exact) mass is 545 g/mol. The number of anilines is 2. The van der Waals surface area contributed by atoms with Crippen LogP contribution in [0.4, 0.5) is 24.7 Å². The molecular formula is C28H31ClF3N5O. The topological polar surface area (TPSA) is 65.7 Å². The molecule has 10 heteroatoms. The second kappa shape index (κ2) is 11.2. The highest BCUT2D eigenvalue weighted by Gasteiger charge is 2.38. The number of piperazine rings is 1. The lowest BCUT2D eigenvalue weighted by Crippen LogP contribution is -2.55. The van der Waals surface area contributed by atoms with Crippen molar-refractivity contribution >= 4 is 29.0 Å². The summed E-state index contributed by atoms with van der Waals surface area (Å²) in [5.74, 6) is 0.205. The van der Waals surface area contributed by atoms with Crippen LogP contribution in [0.2, 0.25) is 5.02 Å². The Kier molecular flexibility index (Phi) is 8.18. The maximum atomic E-state index is 13.6. The molecule has 0 aliphatic carbocycles. The first-order valence-corrected chi connectivity index (χ1v) is 12.8. The van der Waals surface area contributed by atoms with Crippen LogP contribution in [0.1, 0.15) is 34.8 Å². The second-order valence-corrected chi connectivity index (χ2v) is 9.95. The van der Waals surface area contributed by atoms with Crippen molar-refractivity contribution in [3.63, 3.8) is 0 Å². The van der Waals surface area contributed by atoms with E-state index in [0.717, 1.165) is 40.3 Å². The van der Waals surface area contributed by atoms with Crippen molar-refractivity contribution in [2.24, 2.45) is 5.73 Å². The largest absolute Gasteiger partial charge is 0.417 e. The Bertz CT molecular complexity index is 1310. The highest BCUT2D eigenvalue weighted by atomic mass is 35.5. The zero-order chi connectivity index (χ0) is 27.6. The summed E-state index contributed by atoms with van der Waals surface area (Å²) in [7, 11) is 3.89. The molecule has 38 heavy (non-hydrogen) atoms. The summed E-state index contributed by atoms with van der Waals surface area (Å²) in [6.45, 7) is 3.38. The highest BCUT2D eigenvalue weighted by molar-refractivity contribution is 6.30. The number of carbonyl (C=O) groups excluding carboxylic acids is 1. The van der Waals surface area contributed by atoms with Crippen LogP contribution in [0.15, 0.2) is 54.7 Å². The van der Waals surface area contributed by atoms with Crippen molar-refractivity contribution < 1.29 is 18.0 Å². The molecule has 1 amide bonds. The summed E-state index contributed by atoms with van der Waals surface area (Å²) >= 11 is 5.80. The van der Waals surface area contributed by atoms with E-state index >= 15 is 0 Å². The Labute approximate surface area is 225 Å². The minimum atomic E-state index is -4.68. The van der Waals surface area contributed by atoms with Gasteiger partial charge in [-0.2, -0.15) is 13.2 Å². The standard InChI is InChI=1S/C28H31ClF3N5O/c1-4-21-17-36(27(38)23-9-8-20(29)15-24(23)28(30,31)32)12-13-37(21)25-10-7-18(14-19(25)16-33)22-6-5-11-34-26(22)35(2)3/h5-11,14-15,21H,4,12-13,16-17,33H2,1-3H3/t21-/m1/s1. The number of rotatable bonds is 6. The van der Waals surface area contributed by atoms with Gasteiger partial charge in [0.05, 0.1) is 11.1 Å². The van der Waals surface area contributed by atoms with Crippen molar-refractivity contribution in [3.8, 4) is 11.1 Å². The smallest absolute Gasteiger partial charge is 0.365 e. The van der Waals surface area contributed by atoms with Crippen LogP contribution in [-0.2, 0) is 12.7 Å². The van der Waals surface area contributed by atoms with E-state index in [0.29, 0.717) is 26.1 Å². The summed E-state index contributed by atoms with van der Waals surface area (Å²) < 4.78 is 40.9. The SMILES string of the molecule is CC[C@@H]1CN(C(=O)c2ccc(Cl)cc2C(F)(F)F)CCN1c1ccc(-c2cccnc2N(C)C)cc1CN. The van der Waals surface area contributed by atoms with Gasteiger partial charge in [0.15, 0.2) is 0 Å². The number of alkyl halides is 3. The van der Waals surface area contributed by atoms with Crippen LogP contribution >= 0.6 is 11.6 Å². The summed E-state index contributed by atoms with van der Waals surface area (Å²) in [5.41, 5.74) is 8.68. The van der Waals surface area contributed by atoms with Crippen molar-refractivity contribution in [2.45, 2.75) is 32.1 Å². The predicted octanol–water partition coefficient (Wildman–Crippen LogP) is 5.69. The molecule has 0 unspecified atom stereocenters. The molecule has 1 saturated heterocycles. The quantitative estimate of drug-likeness (QED) is 0.431. The average Bonchev–Trinajstić information content (AvgIpc) is 2.91. The number of benzene rings is 2. The minimum Gasteiger partial charge on any atom is -0.365 e. The highest BCUT2D eigenvalue weighted by Crippen LogP contribution is 2.36. The Balaban J connectivity index is 1.61. The molecule has 2 aromatic carbocycles. The molecule has 0 radical (unpaired) electrons. The molecule has 0 saturated carbocycles. The van der Waals surface area contributed by atoms with Crippen LogP contribution in [0, 0.1) is 0 Å². The van der Waals surface area contributed by atoms with E-state index in [9.17, 15) is 18.0 Å². The van der Waals surface area contributed by atoms with Gasteiger partial charge in [-0.15, -0.1) is 0 Å². The molecule has 1 aromatic heterocycles. The van der Waals surface area contributed by atoms with Gasteiger partial charge in [0.2, 0.25) is 0 Å². The summed E-state index contributed by atoms with van der Waals surface area (Å²) in [4.78, 5) is 23.4. The molecule has 2 heterocycles. The zero-order valence-electron chi connectivity index (χ0n) is 21.6. The average molecular weight is 546 g/mol. The molecule has 2 N–H and O–H groups in total. The van der Waals surface area contributed by atoms with Crippen LogP contribution < -0.4 is 15.5 Å². The third kappa shape index (κ3) is 5.59. The van der Waals surface area contributed by atoms with Crippen molar-refractivity contribution in [1.29, 1.82) is 0 Å². The molecule has 1 aliphatic heterocycles. The fraction of sp³-hybridized carbons (Fsp3) is 0.357. The van der Waals surface area contributed by atoms with E-state index in [-0.39, 0.29) is 23.2 Å². The third-order valence-corrected chi connectivity index (χ3v) is 7.12. The number of hydrogen-bond donors (Lipinski definition) is 1. The van der Waals surface area contributed by atoms with E-state index in [2.05, 4.69) is 16.0 Å². The van der Waals surface area contributed by atoms with Gasteiger partial charge in [-0.05, 0) is 60.0 Å². The summed E-state index contributed by atoms with van der Waals surface area (Å²) in [5, 5.41) is -0.0631. The Morgan fingerprint density at radius 2 is 1.92 bits per heavy atom. The maximum absolute atomic E-state index is 13.6. The molecule has 6 nitrogen and oxygen atoms in total. The summed E-state index contributed by atoms with van der Waals surface area (Å²) in [6, 6.07) is 13.2.